The molecule has 1 amide bonds. The van der Waals surface area contributed by atoms with E-state index < -0.39 is 5.97 Å². The third-order valence-electron chi connectivity index (χ3n) is 2.30. The number of hydrogen-bond acceptors (Lipinski definition) is 4. The number of hydrazone groups is 1. The van der Waals surface area contributed by atoms with Gasteiger partial charge in [0.2, 0.25) is 0 Å². The lowest BCUT2D eigenvalue weighted by molar-refractivity contribution is 0.0702. The second-order valence-corrected chi connectivity index (χ2v) is 5.26. The van der Waals surface area contributed by atoms with Crippen LogP contribution in [0.5, 0.6) is 0 Å². The van der Waals surface area contributed by atoms with Crippen LogP contribution in [0.2, 0.25) is 5.02 Å². The van der Waals surface area contributed by atoms with Gasteiger partial charge in [-0.05, 0) is 36.4 Å². The van der Waals surface area contributed by atoms with Gasteiger partial charge in [0.25, 0.3) is 5.91 Å². The van der Waals surface area contributed by atoms with Gasteiger partial charge in [-0.25, -0.2) is 10.2 Å². The van der Waals surface area contributed by atoms with Crippen LogP contribution in [0.1, 0.15) is 24.9 Å². The lowest BCUT2D eigenvalue weighted by atomic mass is 10.2. The number of halogens is 1. The number of carbonyl (C=O) groups excluding carboxylic acids is 1. The number of carbonyl (C=O) groups is 2. The molecule has 2 N–H and O–H groups in total. The molecule has 0 bridgehead atoms. The Morgan fingerprint density at radius 1 is 1.20 bits per heavy atom. The van der Waals surface area contributed by atoms with E-state index >= 15 is 0 Å². The average Bonchev–Trinajstić information content (AvgIpc) is 2.88. The Balaban J connectivity index is 1.97. The minimum absolute atomic E-state index is 0.218. The predicted octanol–water partition coefficient (Wildman–Crippen LogP) is 2.86. The topological polar surface area (TPSA) is 78.8 Å². The molecule has 0 fully saturated rings. The number of rotatable bonds is 4. The fraction of sp³-hybridized carbons (Fsp3) is 0. The van der Waals surface area contributed by atoms with Crippen molar-refractivity contribution in [2.75, 3.05) is 0 Å². The number of aromatic carboxylic acids is 1. The molecule has 0 atom stereocenters. The van der Waals surface area contributed by atoms with Crippen molar-refractivity contribution in [3.05, 3.63) is 56.7 Å². The van der Waals surface area contributed by atoms with E-state index in [-0.39, 0.29) is 10.8 Å². The van der Waals surface area contributed by atoms with Gasteiger partial charge in [0.05, 0.1) is 6.21 Å². The lowest BCUT2D eigenvalue weighted by Crippen LogP contribution is -2.17. The van der Waals surface area contributed by atoms with Gasteiger partial charge in [-0.2, -0.15) is 5.10 Å². The fourth-order valence-electron chi connectivity index (χ4n) is 1.36. The van der Waals surface area contributed by atoms with Gasteiger partial charge < -0.3 is 5.11 Å². The number of amides is 1. The van der Waals surface area contributed by atoms with E-state index in [1.807, 2.05) is 0 Å². The molecule has 7 heteroatoms. The normalized spacial score (nSPS) is 10.7. The summed E-state index contributed by atoms with van der Waals surface area (Å²) in [5, 5.41) is 13.1. The highest BCUT2D eigenvalue weighted by Gasteiger charge is 2.06. The Kier molecular flexibility index (Phi) is 4.49. The summed E-state index contributed by atoms with van der Waals surface area (Å²) in [6, 6.07) is 9.49. The van der Waals surface area contributed by atoms with E-state index in [0.717, 1.165) is 11.3 Å². The van der Waals surface area contributed by atoms with E-state index in [1.54, 1.807) is 30.3 Å². The quantitative estimate of drug-likeness (QED) is 0.673. The zero-order valence-electron chi connectivity index (χ0n) is 10.0. The van der Waals surface area contributed by atoms with E-state index in [4.69, 9.17) is 16.7 Å². The molecule has 5 nitrogen and oxygen atoms in total. The lowest BCUT2D eigenvalue weighted by Gasteiger charge is -1.99. The fourth-order valence-corrected chi connectivity index (χ4v) is 2.20. The number of hydrogen-bond donors (Lipinski definition) is 2. The number of carboxylic acid groups (broad SMARTS) is 1. The van der Waals surface area contributed by atoms with Crippen LogP contribution in [0.25, 0.3) is 0 Å². The van der Waals surface area contributed by atoms with Crippen LogP contribution in [-0.2, 0) is 0 Å². The van der Waals surface area contributed by atoms with Gasteiger partial charge in [-0.15, -0.1) is 11.3 Å². The molecule has 1 heterocycles. The summed E-state index contributed by atoms with van der Waals surface area (Å²) in [6.45, 7) is 0. The average molecular weight is 309 g/mol. The van der Waals surface area contributed by atoms with Gasteiger partial charge >= 0.3 is 5.97 Å². The highest BCUT2D eigenvalue weighted by Crippen LogP contribution is 2.14. The van der Waals surface area contributed by atoms with Gasteiger partial charge in [0, 0.05) is 15.5 Å². The van der Waals surface area contributed by atoms with Crippen molar-refractivity contribution in [1.29, 1.82) is 0 Å². The summed E-state index contributed by atoms with van der Waals surface area (Å²) in [5.41, 5.74) is 2.79. The molecule has 0 saturated heterocycles. The molecule has 0 radical (unpaired) electrons. The molecule has 0 unspecified atom stereocenters. The van der Waals surface area contributed by atoms with Gasteiger partial charge in [0.1, 0.15) is 4.88 Å². The zero-order chi connectivity index (χ0) is 14.5. The van der Waals surface area contributed by atoms with E-state index in [2.05, 4.69) is 10.5 Å². The molecule has 2 rings (SSSR count). The summed E-state index contributed by atoms with van der Waals surface area (Å²) in [6.07, 6.45) is 1.39. The molecule has 0 spiro atoms. The van der Waals surface area contributed by atoms with E-state index in [9.17, 15) is 9.59 Å². The Morgan fingerprint density at radius 2 is 1.90 bits per heavy atom. The Bertz CT molecular complexity index is 665. The minimum Gasteiger partial charge on any atom is -0.477 e. The summed E-state index contributed by atoms with van der Waals surface area (Å²) < 4.78 is 0. The van der Waals surface area contributed by atoms with Crippen molar-refractivity contribution >= 4 is 41.0 Å². The molecule has 0 saturated carbocycles. The number of nitrogens with zero attached hydrogens (tertiary/aromatic N) is 1. The van der Waals surface area contributed by atoms with Crippen LogP contribution in [0.15, 0.2) is 41.5 Å². The summed E-state index contributed by atoms with van der Waals surface area (Å²) >= 11 is 6.79. The molecular weight excluding hydrogens is 300 g/mol. The first-order valence-electron chi connectivity index (χ1n) is 5.48. The molecule has 1 aromatic heterocycles. The van der Waals surface area contributed by atoms with Crippen molar-refractivity contribution in [2.45, 2.75) is 0 Å². The van der Waals surface area contributed by atoms with Gasteiger partial charge in [-0.3, -0.25) is 4.79 Å². The highest BCUT2D eigenvalue weighted by molar-refractivity contribution is 7.15. The van der Waals surface area contributed by atoms with Crippen LogP contribution in [-0.4, -0.2) is 23.2 Å². The first kappa shape index (κ1) is 14.2. The largest absolute Gasteiger partial charge is 0.477 e. The Hall–Kier alpha value is -2.18. The summed E-state index contributed by atoms with van der Waals surface area (Å²) in [7, 11) is 0. The van der Waals surface area contributed by atoms with Crippen LogP contribution < -0.4 is 5.43 Å². The third kappa shape index (κ3) is 3.66. The van der Waals surface area contributed by atoms with Gasteiger partial charge in [0.15, 0.2) is 0 Å². The molecule has 1 aromatic carbocycles. The maximum Gasteiger partial charge on any atom is 0.345 e. The number of benzene rings is 1. The smallest absolute Gasteiger partial charge is 0.345 e. The van der Waals surface area contributed by atoms with Crippen molar-refractivity contribution < 1.29 is 14.7 Å². The zero-order valence-corrected chi connectivity index (χ0v) is 11.6. The number of nitrogens with one attached hydrogen (secondary N) is 1. The van der Waals surface area contributed by atoms with E-state index in [1.165, 1.54) is 12.3 Å². The third-order valence-corrected chi connectivity index (χ3v) is 3.56. The monoisotopic (exact) mass is 308 g/mol. The number of thiophene rings is 1. The van der Waals surface area contributed by atoms with Crippen LogP contribution in [0.3, 0.4) is 0 Å². The first-order valence-corrected chi connectivity index (χ1v) is 6.68. The van der Waals surface area contributed by atoms with Crippen LogP contribution in [0, 0.1) is 0 Å². The minimum atomic E-state index is -0.986. The molecule has 102 valence electrons. The van der Waals surface area contributed by atoms with Crippen molar-refractivity contribution in [3.63, 3.8) is 0 Å². The van der Waals surface area contributed by atoms with Gasteiger partial charge in [-0.1, -0.05) is 11.6 Å². The highest BCUT2D eigenvalue weighted by atomic mass is 35.5. The predicted molar refractivity (Wildman–Crippen MR) is 77.8 cm³/mol. The standard InChI is InChI=1S/C13H9ClN2O3S/c14-9-3-1-8(2-4-9)12(17)16-15-7-10-5-6-11(20-10)13(18)19/h1-7H,(H,16,17)(H,18,19). The van der Waals surface area contributed by atoms with Crippen molar-refractivity contribution in [1.82, 2.24) is 5.43 Å². The van der Waals surface area contributed by atoms with Crippen molar-refractivity contribution in [2.24, 2.45) is 5.10 Å². The molecule has 0 aliphatic carbocycles. The molecule has 20 heavy (non-hydrogen) atoms. The first-order chi connectivity index (χ1) is 9.56. The second kappa shape index (κ2) is 6.31. The van der Waals surface area contributed by atoms with E-state index in [0.29, 0.717) is 15.5 Å². The SMILES string of the molecule is O=C(NN=Cc1ccc(C(=O)O)s1)c1ccc(Cl)cc1. The summed E-state index contributed by atoms with van der Waals surface area (Å²) in [4.78, 5) is 23.3. The maximum absolute atomic E-state index is 11.7. The molecule has 2 aromatic rings. The second-order valence-electron chi connectivity index (χ2n) is 3.71. The summed E-state index contributed by atoms with van der Waals surface area (Å²) in [5.74, 6) is -1.35. The number of carboxylic acids is 1. The maximum atomic E-state index is 11.7. The molecular formula is C13H9ClN2O3S. The Morgan fingerprint density at radius 3 is 2.50 bits per heavy atom. The molecule has 0 aliphatic heterocycles. The van der Waals surface area contributed by atoms with Crippen molar-refractivity contribution in [3.8, 4) is 0 Å². The Labute approximate surface area is 123 Å². The molecule has 0 aliphatic rings. The van der Waals surface area contributed by atoms with Crippen LogP contribution in [0.4, 0.5) is 0 Å². The van der Waals surface area contributed by atoms with Crippen LogP contribution >= 0.6 is 22.9 Å².